The number of ether oxygens (including phenoxy) is 1. The molecule has 1 N–H and O–H groups in total. The van der Waals surface area contributed by atoms with Crippen molar-refractivity contribution in [2.75, 3.05) is 19.7 Å². The molecule has 17 heavy (non-hydrogen) atoms. The van der Waals surface area contributed by atoms with Crippen LogP contribution < -0.4 is 5.32 Å². The lowest BCUT2D eigenvalue weighted by Gasteiger charge is -2.42. The van der Waals surface area contributed by atoms with E-state index in [0.717, 1.165) is 18.7 Å². The van der Waals surface area contributed by atoms with Crippen LogP contribution in [0.1, 0.15) is 24.0 Å². The van der Waals surface area contributed by atoms with Crippen LogP contribution in [0.25, 0.3) is 0 Å². The monoisotopic (exact) mass is 239 g/mol. The van der Waals surface area contributed by atoms with E-state index in [2.05, 4.69) is 5.32 Å². The van der Waals surface area contributed by atoms with Gasteiger partial charge < -0.3 is 10.1 Å². The molecule has 0 aromatic heterocycles. The van der Waals surface area contributed by atoms with E-state index in [0.29, 0.717) is 31.4 Å². The lowest BCUT2D eigenvalue weighted by molar-refractivity contribution is -0.0830. The average molecular weight is 239 g/mol. The summed E-state index contributed by atoms with van der Waals surface area (Å²) in [4.78, 5) is 0. The molecule has 1 spiro atoms. The van der Waals surface area contributed by atoms with E-state index in [1.165, 1.54) is 6.07 Å². The summed E-state index contributed by atoms with van der Waals surface area (Å²) in [6.45, 7) is 2.17. The molecule has 0 aliphatic carbocycles. The van der Waals surface area contributed by atoms with Crippen molar-refractivity contribution in [3.63, 3.8) is 0 Å². The first kappa shape index (κ1) is 11.1. The van der Waals surface area contributed by atoms with Gasteiger partial charge in [-0.15, -0.1) is 0 Å². The zero-order chi connectivity index (χ0) is 11.9. The molecular weight excluding hydrogens is 224 g/mol. The smallest absolute Gasteiger partial charge is 0.165 e. The summed E-state index contributed by atoms with van der Waals surface area (Å²) >= 11 is 0. The van der Waals surface area contributed by atoms with Gasteiger partial charge in [0.2, 0.25) is 0 Å². The summed E-state index contributed by atoms with van der Waals surface area (Å²) in [6.07, 6.45) is 2.09. The number of fused-ring (bicyclic) bond motifs is 2. The van der Waals surface area contributed by atoms with Gasteiger partial charge in [-0.3, -0.25) is 0 Å². The van der Waals surface area contributed by atoms with Gasteiger partial charge in [0.15, 0.2) is 11.6 Å². The van der Waals surface area contributed by atoms with Gasteiger partial charge in [-0.25, -0.2) is 8.78 Å². The quantitative estimate of drug-likeness (QED) is 0.748. The molecule has 0 unspecified atom stereocenters. The molecule has 0 bridgehead atoms. The summed E-state index contributed by atoms with van der Waals surface area (Å²) in [5.74, 6) is -1.49. The first-order chi connectivity index (χ1) is 8.23. The predicted octanol–water partition coefficient (Wildman–Crippen LogP) is 2.12. The number of piperidine rings is 1. The standard InChI is InChI=1S/C13H15F2NO/c14-10-2-1-9-3-8-17-13(11(9)12(10)15)4-6-16-7-5-13/h1-2,16H,3-8H2. The Hall–Kier alpha value is -1.00. The third-order valence-electron chi connectivity index (χ3n) is 3.80. The van der Waals surface area contributed by atoms with Crippen LogP contribution in [0.3, 0.4) is 0 Å². The molecule has 2 aliphatic rings. The highest BCUT2D eigenvalue weighted by molar-refractivity contribution is 5.37. The second-order valence-electron chi connectivity index (χ2n) is 4.74. The Morgan fingerprint density at radius 3 is 2.71 bits per heavy atom. The number of rotatable bonds is 0. The SMILES string of the molecule is Fc1ccc2c(c1F)C1(CCNCC1)OCC2. The van der Waals surface area contributed by atoms with Crippen LogP contribution in [-0.4, -0.2) is 19.7 Å². The van der Waals surface area contributed by atoms with Crippen LogP contribution in [0.2, 0.25) is 0 Å². The van der Waals surface area contributed by atoms with Crippen molar-refractivity contribution in [3.8, 4) is 0 Å². The molecule has 0 amide bonds. The third kappa shape index (κ3) is 1.67. The molecule has 2 nitrogen and oxygen atoms in total. The van der Waals surface area contributed by atoms with E-state index in [-0.39, 0.29) is 0 Å². The summed E-state index contributed by atoms with van der Waals surface area (Å²) in [5.41, 5.74) is 0.757. The van der Waals surface area contributed by atoms with Crippen LogP contribution in [-0.2, 0) is 16.8 Å². The van der Waals surface area contributed by atoms with Crippen LogP contribution in [0.15, 0.2) is 12.1 Å². The molecular formula is C13H15F2NO. The Kier molecular flexibility index (Phi) is 2.64. The highest BCUT2D eigenvalue weighted by Crippen LogP contribution is 2.41. The lowest BCUT2D eigenvalue weighted by atomic mass is 9.79. The molecule has 1 fully saturated rings. The molecule has 1 saturated heterocycles. The Morgan fingerprint density at radius 1 is 1.18 bits per heavy atom. The minimum absolute atomic E-state index is 0.463. The predicted molar refractivity (Wildman–Crippen MR) is 59.8 cm³/mol. The van der Waals surface area contributed by atoms with Crippen molar-refractivity contribution in [1.29, 1.82) is 0 Å². The minimum Gasteiger partial charge on any atom is -0.370 e. The average Bonchev–Trinajstić information content (AvgIpc) is 2.35. The van der Waals surface area contributed by atoms with Crippen LogP contribution >= 0.6 is 0 Å². The van der Waals surface area contributed by atoms with Gasteiger partial charge in [0, 0.05) is 5.56 Å². The number of hydrogen-bond donors (Lipinski definition) is 1. The van der Waals surface area contributed by atoms with Crippen LogP contribution in [0, 0.1) is 11.6 Å². The van der Waals surface area contributed by atoms with Crippen molar-refractivity contribution in [2.24, 2.45) is 0 Å². The largest absolute Gasteiger partial charge is 0.370 e. The van der Waals surface area contributed by atoms with Gasteiger partial charge in [0.05, 0.1) is 12.2 Å². The molecule has 0 radical (unpaired) electrons. The van der Waals surface area contributed by atoms with Gasteiger partial charge >= 0.3 is 0 Å². The van der Waals surface area contributed by atoms with Crippen molar-refractivity contribution < 1.29 is 13.5 Å². The molecule has 2 aliphatic heterocycles. The van der Waals surface area contributed by atoms with E-state index in [1.807, 2.05) is 0 Å². The topological polar surface area (TPSA) is 21.3 Å². The minimum atomic E-state index is -0.771. The van der Waals surface area contributed by atoms with Gasteiger partial charge in [-0.1, -0.05) is 6.07 Å². The molecule has 0 atom stereocenters. The van der Waals surface area contributed by atoms with E-state index >= 15 is 0 Å². The maximum absolute atomic E-state index is 14.0. The Bertz CT molecular complexity index is 441. The summed E-state index contributed by atoms with van der Waals surface area (Å²) in [7, 11) is 0. The fourth-order valence-electron chi connectivity index (χ4n) is 2.95. The lowest BCUT2D eigenvalue weighted by Crippen LogP contribution is -2.45. The van der Waals surface area contributed by atoms with Gasteiger partial charge in [0.1, 0.15) is 0 Å². The second-order valence-corrected chi connectivity index (χ2v) is 4.74. The molecule has 3 rings (SSSR count). The van der Waals surface area contributed by atoms with Crippen molar-refractivity contribution in [2.45, 2.75) is 24.9 Å². The molecule has 2 heterocycles. The summed E-state index contributed by atoms with van der Waals surface area (Å²) < 4.78 is 33.3. The Morgan fingerprint density at radius 2 is 1.94 bits per heavy atom. The Labute approximate surface area is 99.0 Å². The number of nitrogens with one attached hydrogen (secondary N) is 1. The number of hydrogen-bond acceptors (Lipinski definition) is 2. The van der Waals surface area contributed by atoms with Crippen LogP contribution in [0.5, 0.6) is 0 Å². The van der Waals surface area contributed by atoms with Crippen molar-refractivity contribution >= 4 is 0 Å². The van der Waals surface area contributed by atoms with Crippen LogP contribution in [0.4, 0.5) is 8.78 Å². The Balaban J connectivity index is 2.14. The fraction of sp³-hybridized carbons (Fsp3) is 0.538. The summed E-state index contributed by atoms with van der Waals surface area (Å²) in [5, 5.41) is 3.23. The maximum atomic E-state index is 14.0. The van der Waals surface area contributed by atoms with Gasteiger partial charge in [0.25, 0.3) is 0 Å². The molecule has 1 aromatic rings. The zero-order valence-electron chi connectivity index (χ0n) is 9.56. The molecule has 0 saturated carbocycles. The van der Waals surface area contributed by atoms with E-state index in [9.17, 15) is 8.78 Å². The van der Waals surface area contributed by atoms with Crippen molar-refractivity contribution in [3.05, 3.63) is 34.9 Å². The molecule has 4 heteroatoms. The van der Waals surface area contributed by atoms with Gasteiger partial charge in [-0.05, 0) is 44.0 Å². The highest BCUT2D eigenvalue weighted by Gasteiger charge is 2.41. The highest BCUT2D eigenvalue weighted by atomic mass is 19.2. The first-order valence-corrected chi connectivity index (χ1v) is 6.05. The normalized spacial score (nSPS) is 22.5. The zero-order valence-corrected chi connectivity index (χ0v) is 9.56. The maximum Gasteiger partial charge on any atom is 0.165 e. The second kappa shape index (κ2) is 4.03. The third-order valence-corrected chi connectivity index (χ3v) is 3.80. The van der Waals surface area contributed by atoms with Crippen molar-refractivity contribution in [1.82, 2.24) is 5.32 Å². The number of halogens is 2. The van der Waals surface area contributed by atoms with Gasteiger partial charge in [-0.2, -0.15) is 0 Å². The summed E-state index contributed by atoms with van der Waals surface area (Å²) in [6, 6.07) is 2.91. The van der Waals surface area contributed by atoms with E-state index in [4.69, 9.17) is 4.74 Å². The van der Waals surface area contributed by atoms with E-state index in [1.54, 1.807) is 6.07 Å². The van der Waals surface area contributed by atoms with E-state index < -0.39 is 17.2 Å². The molecule has 1 aromatic carbocycles. The fourth-order valence-corrected chi connectivity index (χ4v) is 2.95. The first-order valence-electron chi connectivity index (χ1n) is 6.05. The molecule has 92 valence electrons. The number of benzene rings is 1.